The van der Waals surface area contributed by atoms with Crippen molar-refractivity contribution in [3.63, 3.8) is 0 Å². The summed E-state index contributed by atoms with van der Waals surface area (Å²) in [5.74, 6) is 0.848. The third kappa shape index (κ3) is 3.61. The molecule has 0 unspecified atom stereocenters. The van der Waals surface area contributed by atoms with Gasteiger partial charge in [0.1, 0.15) is 0 Å². The van der Waals surface area contributed by atoms with Crippen LogP contribution >= 0.6 is 0 Å². The molecule has 2 heteroatoms. The van der Waals surface area contributed by atoms with Crippen LogP contribution < -0.4 is 0 Å². The zero-order valence-electron chi connectivity index (χ0n) is 13.2. The third-order valence-electron chi connectivity index (χ3n) is 4.68. The molecule has 1 heterocycles. The molecule has 0 amide bonds. The molecule has 0 spiro atoms. The second-order valence-electron chi connectivity index (χ2n) is 7.17. The highest BCUT2D eigenvalue weighted by molar-refractivity contribution is 5.37. The molecule has 1 aliphatic heterocycles. The number of nitriles is 1. The van der Waals surface area contributed by atoms with Crippen LogP contribution in [0.1, 0.15) is 50.3 Å². The first kappa shape index (κ1) is 15.1. The first-order valence-electron chi connectivity index (χ1n) is 7.62. The molecule has 1 fully saturated rings. The Labute approximate surface area is 123 Å². The van der Waals surface area contributed by atoms with E-state index in [1.807, 2.05) is 12.1 Å². The van der Waals surface area contributed by atoms with Gasteiger partial charge in [0.25, 0.3) is 0 Å². The molecular formula is C18H26N2. The van der Waals surface area contributed by atoms with E-state index < -0.39 is 0 Å². The summed E-state index contributed by atoms with van der Waals surface area (Å²) in [7, 11) is 0. The maximum absolute atomic E-state index is 8.92. The molecule has 2 rings (SSSR count). The molecule has 0 saturated carbocycles. The Morgan fingerprint density at radius 3 is 2.40 bits per heavy atom. The Morgan fingerprint density at radius 1 is 1.25 bits per heavy atom. The second kappa shape index (κ2) is 5.97. The van der Waals surface area contributed by atoms with Gasteiger partial charge in [-0.1, -0.05) is 26.8 Å². The Balaban J connectivity index is 1.95. The van der Waals surface area contributed by atoms with Crippen molar-refractivity contribution in [1.29, 1.82) is 5.26 Å². The van der Waals surface area contributed by atoms with Crippen LogP contribution in [-0.4, -0.2) is 18.0 Å². The van der Waals surface area contributed by atoms with Crippen molar-refractivity contribution in [1.82, 2.24) is 4.90 Å². The molecule has 20 heavy (non-hydrogen) atoms. The van der Waals surface area contributed by atoms with Gasteiger partial charge in [0, 0.05) is 6.54 Å². The highest BCUT2D eigenvalue weighted by atomic mass is 15.1. The van der Waals surface area contributed by atoms with Crippen molar-refractivity contribution in [3.05, 3.63) is 34.9 Å². The highest BCUT2D eigenvalue weighted by Crippen LogP contribution is 2.34. The molecule has 0 aromatic heterocycles. The van der Waals surface area contributed by atoms with Crippen molar-refractivity contribution >= 4 is 0 Å². The highest BCUT2D eigenvalue weighted by Gasteiger charge is 2.28. The lowest BCUT2D eigenvalue weighted by molar-refractivity contribution is 0.108. The first-order chi connectivity index (χ1) is 9.40. The van der Waals surface area contributed by atoms with Crippen molar-refractivity contribution in [2.45, 2.75) is 47.1 Å². The van der Waals surface area contributed by atoms with Crippen molar-refractivity contribution in [2.24, 2.45) is 11.3 Å². The van der Waals surface area contributed by atoms with E-state index in [0.29, 0.717) is 5.41 Å². The Bertz CT molecular complexity index is 497. The summed E-state index contributed by atoms with van der Waals surface area (Å²) >= 11 is 0. The van der Waals surface area contributed by atoms with Gasteiger partial charge in [-0.25, -0.2) is 0 Å². The second-order valence-corrected chi connectivity index (χ2v) is 7.17. The number of benzene rings is 1. The molecule has 108 valence electrons. The van der Waals surface area contributed by atoms with Gasteiger partial charge in [-0.3, -0.25) is 4.90 Å². The summed E-state index contributed by atoms with van der Waals surface area (Å²) in [6.07, 6.45) is 2.61. The van der Waals surface area contributed by atoms with Crippen molar-refractivity contribution in [3.8, 4) is 6.07 Å². The largest absolute Gasteiger partial charge is 0.299 e. The van der Waals surface area contributed by atoms with Gasteiger partial charge in [-0.05, 0) is 67.4 Å². The third-order valence-corrected chi connectivity index (χ3v) is 4.68. The van der Waals surface area contributed by atoms with Crippen LogP contribution in [0.25, 0.3) is 0 Å². The topological polar surface area (TPSA) is 27.0 Å². The molecule has 0 atom stereocenters. The molecule has 0 bridgehead atoms. The van der Waals surface area contributed by atoms with E-state index in [9.17, 15) is 0 Å². The number of rotatable bonds is 2. The minimum atomic E-state index is 0.441. The van der Waals surface area contributed by atoms with Crippen LogP contribution in [0.2, 0.25) is 0 Å². The predicted molar refractivity (Wildman–Crippen MR) is 83.4 cm³/mol. The van der Waals surface area contributed by atoms with E-state index in [1.165, 1.54) is 37.1 Å². The standard InChI is InChI=1S/C18H26N2/c1-14-11-15(12-19)5-6-16(14)13-20-9-7-17(8-10-20)18(2,3)4/h5-6,11,17H,7-10,13H2,1-4H3. The molecular weight excluding hydrogens is 244 g/mol. The summed E-state index contributed by atoms with van der Waals surface area (Å²) in [4.78, 5) is 2.55. The molecule has 0 radical (unpaired) electrons. The fourth-order valence-corrected chi connectivity index (χ4v) is 3.14. The lowest BCUT2D eigenvalue weighted by atomic mass is 9.75. The minimum Gasteiger partial charge on any atom is -0.299 e. The molecule has 1 aliphatic rings. The first-order valence-corrected chi connectivity index (χ1v) is 7.62. The van der Waals surface area contributed by atoms with Crippen LogP contribution in [0.4, 0.5) is 0 Å². The van der Waals surface area contributed by atoms with Crippen LogP contribution in [0.3, 0.4) is 0 Å². The smallest absolute Gasteiger partial charge is 0.0991 e. The Hall–Kier alpha value is -1.33. The maximum Gasteiger partial charge on any atom is 0.0991 e. The average Bonchev–Trinajstić information content (AvgIpc) is 2.40. The monoisotopic (exact) mass is 270 g/mol. The van der Waals surface area contributed by atoms with Gasteiger partial charge in [0.15, 0.2) is 0 Å². The number of hydrogen-bond donors (Lipinski definition) is 0. The summed E-state index contributed by atoms with van der Waals surface area (Å²) in [6, 6.07) is 8.25. The summed E-state index contributed by atoms with van der Waals surface area (Å²) < 4.78 is 0. The quantitative estimate of drug-likeness (QED) is 0.808. The maximum atomic E-state index is 8.92. The van der Waals surface area contributed by atoms with Gasteiger partial charge in [-0.2, -0.15) is 5.26 Å². The van der Waals surface area contributed by atoms with E-state index >= 15 is 0 Å². The van der Waals surface area contributed by atoms with Crippen molar-refractivity contribution in [2.75, 3.05) is 13.1 Å². The van der Waals surface area contributed by atoms with E-state index in [2.05, 4.69) is 44.7 Å². The number of aryl methyl sites for hydroxylation is 1. The Kier molecular flexibility index (Phi) is 4.50. The van der Waals surface area contributed by atoms with E-state index in [4.69, 9.17) is 5.26 Å². The molecule has 1 aromatic rings. The molecule has 1 aromatic carbocycles. The molecule has 1 saturated heterocycles. The fraction of sp³-hybridized carbons (Fsp3) is 0.611. The van der Waals surface area contributed by atoms with Crippen molar-refractivity contribution < 1.29 is 0 Å². The van der Waals surface area contributed by atoms with E-state index in [0.717, 1.165) is 18.0 Å². The van der Waals surface area contributed by atoms with Crippen LogP contribution in [-0.2, 0) is 6.54 Å². The minimum absolute atomic E-state index is 0.441. The Morgan fingerprint density at radius 2 is 1.90 bits per heavy atom. The van der Waals surface area contributed by atoms with Crippen LogP contribution in [0, 0.1) is 29.6 Å². The predicted octanol–water partition coefficient (Wildman–Crippen LogP) is 4.12. The summed E-state index contributed by atoms with van der Waals surface area (Å²) in [5.41, 5.74) is 3.80. The number of likely N-dealkylation sites (tertiary alicyclic amines) is 1. The van der Waals surface area contributed by atoms with Gasteiger partial charge in [0.05, 0.1) is 11.6 Å². The number of nitrogens with zero attached hydrogens (tertiary/aromatic N) is 2. The van der Waals surface area contributed by atoms with E-state index in [1.54, 1.807) is 0 Å². The zero-order chi connectivity index (χ0) is 14.8. The van der Waals surface area contributed by atoms with Gasteiger partial charge >= 0.3 is 0 Å². The summed E-state index contributed by atoms with van der Waals surface area (Å²) in [5, 5.41) is 8.92. The van der Waals surface area contributed by atoms with Gasteiger partial charge < -0.3 is 0 Å². The van der Waals surface area contributed by atoms with Gasteiger partial charge in [0.2, 0.25) is 0 Å². The molecule has 2 nitrogen and oxygen atoms in total. The van der Waals surface area contributed by atoms with Crippen LogP contribution in [0.15, 0.2) is 18.2 Å². The van der Waals surface area contributed by atoms with Crippen LogP contribution in [0.5, 0.6) is 0 Å². The lowest BCUT2D eigenvalue weighted by Crippen LogP contribution is -2.37. The molecule has 0 aliphatic carbocycles. The average molecular weight is 270 g/mol. The zero-order valence-corrected chi connectivity index (χ0v) is 13.2. The fourth-order valence-electron chi connectivity index (χ4n) is 3.14. The normalized spacial score (nSPS) is 17.9. The summed E-state index contributed by atoms with van der Waals surface area (Å²) in [6.45, 7) is 12.6. The number of hydrogen-bond acceptors (Lipinski definition) is 2. The van der Waals surface area contributed by atoms with Gasteiger partial charge in [-0.15, -0.1) is 0 Å². The SMILES string of the molecule is Cc1cc(C#N)ccc1CN1CCC(C(C)(C)C)CC1. The number of piperidine rings is 1. The van der Waals surface area contributed by atoms with E-state index in [-0.39, 0.29) is 0 Å². The lowest BCUT2D eigenvalue weighted by Gasteiger charge is -2.39. The molecule has 0 N–H and O–H groups in total.